The van der Waals surface area contributed by atoms with Gasteiger partial charge in [-0.1, -0.05) is 6.07 Å². The Morgan fingerprint density at radius 1 is 1.22 bits per heavy atom. The van der Waals surface area contributed by atoms with Gasteiger partial charge >= 0.3 is 0 Å². The highest BCUT2D eigenvalue weighted by Gasteiger charge is 2.14. The van der Waals surface area contributed by atoms with Gasteiger partial charge in [-0.3, -0.25) is 9.59 Å². The van der Waals surface area contributed by atoms with Crippen molar-refractivity contribution < 1.29 is 19.1 Å². The monoisotopic (exact) mass is 330 g/mol. The number of carbonyl (C=O) groups excluding carboxylic acids is 2. The first kappa shape index (κ1) is 15.1. The maximum Gasteiger partial charge on any atom is 0.254 e. The predicted octanol–water partition coefficient (Wildman–Crippen LogP) is 2.49. The highest BCUT2D eigenvalue weighted by atomic mass is 32.1. The normalized spacial score (nSPS) is 12.4. The minimum absolute atomic E-state index is 0.212. The Hall–Kier alpha value is -2.80. The summed E-state index contributed by atoms with van der Waals surface area (Å²) in [5, 5.41) is 7.51. The molecule has 23 heavy (non-hydrogen) atoms. The fraction of sp³-hybridized carbons (Fsp3) is 0.125. The van der Waals surface area contributed by atoms with Crippen LogP contribution in [0.25, 0.3) is 6.08 Å². The number of amides is 2. The molecule has 2 N–H and O–H groups in total. The van der Waals surface area contributed by atoms with Gasteiger partial charge in [0.15, 0.2) is 11.5 Å². The lowest BCUT2D eigenvalue weighted by Gasteiger charge is -2.03. The molecule has 0 saturated carbocycles. The average molecular weight is 330 g/mol. The minimum atomic E-state index is -0.310. The molecule has 1 aliphatic rings. The van der Waals surface area contributed by atoms with Gasteiger partial charge < -0.3 is 20.1 Å². The SMILES string of the molecule is CNC(=O)c1ccsc1NC(=O)/C=C/c1ccc2c(c1)OCO2. The number of hydrogen-bond donors (Lipinski definition) is 2. The van der Waals surface area contributed by atoms with E-state index in [2.05, 4.69) is 10.6 Å². The zero-order chi connectivity index (χ0) is 16.2. The summed E-state index contributed by atoms with van der Waals surface area (Å²) in [5.41, 5.74) is 1.27. The zero-order valence-corrected chi connectivity index (χ0v) is 13.1. The van der Waals surface area contributed by atoms with Crippen LogP contribution in [0.2, 0.25) is 0 Å². The van der Waals surface area contributed by atoms with E-state index < -0.39 is 0 Å². The van der Waals surface area contributed by atoms with Gasteiger partial charge in [0.05, 0.1) is 5.56 Å². The highest BCUT2D eigenvalue weighted by molar-refractivity contribution is 7.14. The van der Waals surface area contributed by atoms with Gasteiger partial charge in [0.25, 0.3) is 5.91 Å². The molecule has 2 aromatic rings. The van der Waals surface area contributed by atoms with Gasteiger partial charge in [-0.2, -0.15) is 0 Å². The van der Waals surface area contributed by atoms with Crippen LogP contribution in [0.3, 0.4) is 0 Å². The molecule has 0 spiro atoms. The second-order valence-corrected chi connectivity index (χ2v) is 5.59. The van der Waals surface area contributed by atoms with Crippen molar-refractivity contribution in [3.63, 3.8) is 0 Å². The van der Waals surface area contributed by atoms with Crippen molar-refractivity contribution in [3.8, 4) is 11.5 Å². The fourth-order valence-electron chi connectivity index (χ4n) is 2.06. The molecule has 0 bridgehead atoms. The molecule has 0 aliphatic carbocycles. The third-order valence-corrected chi connectivity index (χ3v) is 4.03. The van der Waals surface area contributed by atoms with Crippen molar-refractivity contribution in [2.24, 2.45) is 0 Å². The summed E-state index contributed by atoms with van der Waals surface area (Å²) in [4.78, 5) is 23.7. The molecule has 0 fully saturated rings. The van der Waals surface area contributed by atoms with E-state index in [1.807, 2.05) is 6.07 Å². The van der Waals surface area contributed by atoms with Crippen LogP contribution in [0, 0.1) is 0 Å². The Morgan fingerprint density at radius 3 is 2.87 bits per heavy atom. The van der Waals surface area contributed by atoms with Crippen LogP contribution < -0.4 is 20.1 Å². The predicted molar refractivity (Wildman–Crippen MR) is 87.9 cm³/mol. The molecule has 1 aromatic carbocycles. The second-order valence-electron chi connectivity index (χ2n) is 4.68. The van der Waals surface area contributed by atoms with Crippen LogP contribution in [-0.2, 0) is 4.79 Å². The van der Waals surface area contributed by atoms with Crippen LogP contribution in [0.15, 0.2) is 35.7 Å². The van der Waals surface area contributed by atoms with E-state index >= 15 is 0 Å². The number of nitrogens with one attached hydrogen (secondary N) is 2. The van der Waals surface area contributed by atoms with Gasteiger partial charge in [-0.15, -0.1) is 11.3 Å². The first-order chi connectivity index (χ1) is 11.2. The van der Waals surface area contributed by atoms with Crippen molar-refractivity contribution in [2.75, 3.05) is 19.2 Å². The van der Waals surface area contributed by atoms with Crippen molar-refractivity contribution in [1.82, 2.24) is 5.32 Å². The summed E-state index contributed by atoms with van der Waals surface area (Å²) in [6, 6.07) is 7.09. The van der Waals surface area contributed by atoms with E-state index in [1.165, 1.54) is 17.4 Å². The summed E-state index contributed by atoms with van der Waals surface area (Å²) in [7, 11) is 1.55. The lowest BCUT2D eigenvalue weighted by molar-refractivity contribution is -0.111. The van der Waals surface area contributed by atoms with E-state index in [0.717, 1.165) is 5.56 Å². The molecule has 0 radical (unpaired) electrons. The number of ether oxygens (including phenoxy) is 2. The number of benzene rings is 1. The van der Waals surface area contributed by atoms with Crippen LogP contribution in [0.4, 0.5) is 5.00 Å². The van der Waals surface area contributed by atoms with Crippen molar-refractivity contribution in [2.45, 2.75) is 0 Å². The van der Waals surface area contributed by atoms with Gasteiger partial charge in [0.1, 0.15) is 5.00 Å². The molecular formula is C16H14N2O4S. The number of hydrogen-bond acceptors (Lipinski definition) is 5. The molecule has 1 aromatic heterocycles. The summed E-state index contributed by atoms with van der Waals surface area (Å²) >= 11 is 1.30. The van der Waals surface area contributed by atoms with Gasteiger partial charge in [0, 0.05) is 13.1 Å². The average Bonchev–Trinajstić information content (AvgIpc) is 3.20. The van der Waals surface area contributed by atoms with Crippen LogP contribution in [-0.4, -0.2) is 25.7 Å². The van der Waals surface area contributed by atoms with E-state index in [0.29, 0.717) is 22.1 Å². The summed E-state index contributed by atoms with van der Waals surface area (Å²) in [5.74, 6) is 0.810. The third-order valence-electron chi connectivity index (χ3n) is 3.20. The molecule has 0 saturated heterocycles. The largest absolute Gasteiger partial charge is 0.454 e. The molecule has 2 amide bonds. The van der Waals surface area contributed by atoms with E-state index in [1.54, 1.807) is 36.7 Å². The second kappa shape index (κ2) is 6.53. The molecule has 3 rings (SSSR count). The Morgan fingerprint density at radius 2 is 2.04 bits per heavy atom. The number of rotatable bonds is 4. The summed E-state index contributed by atoms with van der Waals surface area (Å²) < 4.78 is 10.5. The Balaban J connectivity index is 1.68. The molecule has 6 nitrogen and oxygen atoms in total. The summed E-state index contributed by atoms with van der Waals surface area (Å²) in [6.07, 6.45) is 3.08. The van der Waals surface area contributed by atoms with Crippen molar-refractivity contribution in [1.29, 1.82) is 0 Å². The van der Waals surface area contributed by atoms with E-state index in [-0.39, 0.29) is 18.6 Å². The Labute approximate surface area is 136 Å². The molecule has 7 heteroatoms. The first-order valence-electron chi connectivity index (χ1n) is 6.85. The molecule has 118 valence electrons. The number of anilines is 1. The smallest absolute Gasteiger partial charge is 0.254 e. The molecule has 0 unspecified atom stereocenters. The maximum absolute atomic E-state index is 12.0. The number of thiophene rings is 1. The van der Waals surface area contributed by atoms with Gasteiger partial charge in [0.2, 0.25) is 12.7 Å². The highest BCUT2D eigenvalue weighted by Crippen LogP contribution is 2.32. The molecule has 2 heterocycles. The minimum Gasteiger partial charge on any atom is -0.454 e. The van der Waals surface area contributed by atoms with Crippen LogP contribution in [0.1, 0.15) is 15.9 Å². The Kier molecular flexibility index (Phi) is 4.29. The number of carbonyl (C=O) groups is 2. The van der Waals surface area contributed by atoms with Gasteiger partial charge in [-0.25, -0.2) is 0 Å². The standard InChI is InChI=1S/C16H14N2O4S/c1-17-15(20)11-6-7-23-16(11)18-14(19)5-3-10-2-4-12-13(8-10)22-9-21-12/h2-8H,9H2,1H3,(H,17,20)(H,18,19)/b5-3+. The lowest BCUT2D eigenvalue weighted by atomic mass is 10.2. The fourth-order valence-corrected chi connectivity index (χ4v) is 2.85. The first-order valence-corrected chi connectivity index (χ1v) is 7.73. The lowest BCUT2D eigenvalue weighted by Crippen LogP contribution is -2.19. The van der Waals surface area contributed by atoms with E-state index in [4.69, 9.17) is 9.47 Å². The van der Waals surface area contributed by atoms with Crippen molar-refractivity contribution >= 4 is 34.2 Å². The van der Waals surface area contributed by atoms with Crippen LogP contribution in [0.5, 0.6) is 11.5 Å². The van der Waals surface area contributed by atoms with Crippen LogP contribution >= 0.6 is 11.3 Å². The van der Waals surface area contributed by atoms with Gasteiger partial charge in [-0.05, 0) is 35.2 Å². The maximum atomic E-state index is 12.0. The zero-order valence-electron chi connectivity index (χ0n) is 12.3. The molecular weight excluding hydrogens is 316 g/mol. The topological polar surface area (TPSA) is 76.7 Å². The quantitative estimate of drug-likeness (QED) is 0.845. The summed E-state index contributed by atoms with van der Waals surface area (Å²) in [6.45, 7) is 0.212. The molecule has 0 atom stereocenters. The Bertz CT molecular complexity index is 782. The molecule has 1 aliphatic heterocycles. The van der Waals surface area contributed by atoms with E-state index in [9.17, 15) is 9.59 Å². The van der Waals surface area contributed by atoms with Crippen molar-refractivity contribution in [3.05, 3.63) is 46.8 Å². The third kappa shape index (κ3) is 3.35. The number of fused-ring (bicyclic) bond motifs is 1.